The third kappa shape index (κ3) is 2.05. The molecule has 4 rings (SSSR count). The van der Waals surface area contributed by atoms with Crippen LogP contribution in [0.3, 0.4) is 0 Å². The van der Waals surface area contributed by atoms with Crippen LogP contribution >= 0.6 is 0 Å². The van der Waals surface area contributed by atoms with Gasteiger partial charge in [0.2, 0.25) is 0 Å². The maximum atomic E-state index is 14.7. The minimum atomic E-state index is -1.33. The highest BCUT2D eigenvalue weighted by molar-refractivity contribution is 5.92. The largest absolute Gasteiger partial charge is 0.458 e. The Morgan fingerprint density at radius 2 is 1.87 bits per heavy atom. The van der Waals surface area contributed by atoms with Gasteiger partial charge in [0.15, 0.2) is 0 Å². The van der Waals surface area contributed by atoms with Crippen molar-refractivity contribution < 1.29 is 28.2 Å². The summed E-state index contributed by atoms with van der Waals surface area (Å²) in [5.74, 6) is -1.82. The van der Waals surface area contributed by atoms with Crippen LogP contribution in [0.25, 0.3) is 0 Å². The van der Waals surface area contributed by atoms with E-state index < -0.39 is 36.4 Å². The Balaban J connectivity index is 1.60. The standard InChI is InChI=1S/C17H13FO5/c1-8-6-12(22-16(8)19)21-7-11-13-14(18)9-4-2-3-5-10(9)15(13)23-17(11)20/h2-7,12-15H,1H3/b11-7+/t12-,13-,14+,15+/m1/s1. The number of cyclic esters (lactones) is 1. The van der Waals surface area contributed by atoms with E-state index in [4.69, 9.17) is 14.2 Å². The number of rotatable bonds is 2. The fourth-order valence-corrected chi connectivity index (χ4v) is 3.18. The first-order valence-corrected chi connectivity index (χ1v) is 7.25. The lowest BCUT2D eigenvalue weighted by Gasteiger charge is -2.12. The van der Waals surface area contributed by atoms with Gasteiger partial charge >= 0.3 is 11.9 Å². The molecule has 2 heterocycles. The molecule has 0 radical (unpaired) electrons. The van der Waals surface area contributed by atoms with E-state index in [-0.39, 0.29) is 5.57 Å². The molecular formula is C17H13FO5. The molecule has 0 saturated carbocycles. The summed E-state index contributed by atoms with van der Waals surface area (Å²) in [4.78, 5) is 23.3. The summed E-state index contributed by atoms with van der Waals surface area (Å²) in [6, 6.07) is 6.98. The van der Waals surface area contributed by atoms with Crippen molar-refractivity contribution in [1.82, 2.24) is 0 Å². The third-order valence-electron chi connectivity index (χ3n) is 4.33. The molecule has 1 aliphatic carbocycles. The topological polar surface area (TPSA) is 61.8 Å². The van der Waals surface area contributed by atoms with Crippen molar-refractivity contribution in [3.63, 3.8) is 0 Å². The van der Waals surface area contributed by atoms with Crippen molar-refractivity contribution in [2.24, 2.45) is 5.92 Å². The van der Waals surface area contributed by atoms with Gasteiger partial charge < -0.3 is 14.2 Å². The van der Waals surface area contributed by atoms with Crippen LogP contribution < -0.4 is 0 Å². The zero-order valence-electron chi connectivity index (χ0n) is 12.2. The van der Waals surface area contributed by atoms with E-state index in [0.717, 1.165) is 6.26 Å². The maximum Gasteiger partial charge on any atom is 0.338 e. The Morgan fingerprint density at radius 1 is 1.13 bits per heavy atom. The Labute approximate surface area is 131 Å². The molecule has 23 heavy (non-hydrogen) atoms. The summed E-state index contributed by atoms with van der Waals surface area (Å²) >= 11 is 0. The van der Waals surface area contributed by atoms with E-state index in [1.807, 2.05) is 0 Å². The summed E-state index contributed by atoms with van der Waals surface area (Å²) < 4.78 is 30.2. The van der Waals surface area contributed by atoms with Gasteiger partial charge in [0.1, 0.15) is 12.3 Å². The average Bonchev–Trinajstić information content (AvgIpc) is 3.12. The van der Waals surface area contributed by atoms with Gasteiger partial charge in [-0.2, -0.15) is 0 Å². The van der Waals surface area contributed by atoms with Gasteiger partial charge in [-0.1, -0.05) is 24.3 Å². The lowest BCUT2D eigenvalue weighted by atomic mass is 9.96. The summed E-state index contributed by atoms with van der Waals surface area (Å²) in [5.41, 5.74) is 1.76. The Hall–Kier alpha value is -2.63. The van der Waals surface area contributed by atoms with Crippen molar-refractivity contribution >= 4 is 11.9 Å². The Bertz CT molecular complexity index is 766. The fraction of sp³-hybridized carbons (Fsp3) is 0.294. The average molecular weight is 316 g/mol. The number of alkyl halides is 1. The second-order valence-electron chi connectivity index (χ2n) is 5.72. The zero-order valence-corrected chi connectivity index (χ0v) is 12.2. The summed E-state index contributed by atoms with van der Waals surface area (Å²) in [7, 11) is 0. The molecule has 0 unspecified atom stereocenters. The lowest BCUT2D eigenvalue weighted by Crippen LogP contribution is -2.12. The highest BCUT2D eigenvalue weighted by Gasteiger charge is 2.52. The molecule has 4 atom stereocenters. The van der Waals surface area contributed by atoms with Gasteiger partial charge in [0.05, 0.1) is 17.8 Å². The van der Waals surface area contributed by atoms with E-state index >= 15 is 0 Å². The van der Waals surface area contributed by atoms with Crippen LogP contribution in [0.15, 0.2) is 47.7 Å². The van der Waals surface area contributed by atoms with E-state index in [2.05, 4.69) is 0 Å². The first kappa shape index (κ1) is 14.0. The smallest absolute Gasteiger partial charge is 0.338 e. The lowest BCUT2D eigenvalue weighted by molar-refractivity contribution is -0.152. The van der Waals surface area contributed by atoms with Gasteiger partial charge in [0.25, 0.3) is 6.29 Å². The van der Waals surface area contributed by atoms with Crippen LogP contribution in [-0.2, 0) is 23.8 Å². The molecule has 0 aromatic heterocycles. The number of fused-ring (bicyclic) bond motifs is 3. The molecule has 1 saturated heterocycles. The van der Waals surface area contributed by atoms with Crippen molar-refractivity contribution in [1.29, 1.82) is 0 Å². The van der Waals surface area contributed by atoms with Crippen LogP contribution in [0.4, 0.5) is 4.39 Å². The summed E-state index contributed by atoms with van der Waals surface area (Å²) in [5, 5.41) is 0. The second kappa shape index (κ2) is 4.94. The molecule has 1 fully saturated rings. The number of benzene rings is 1. The SMILES string of the molecule is CC1=C[C@H](O/C=C2/C(=O)O[C@H]3c4ccccc4[C@H](F)[C@@H]23)OC1=O. The summed E-state index contributed by atoms with van der Waals surface area (Å²) in [6.07, 6.45) is -0.219. The monoisotopic (exact) mass is 316 g/mol. The number of carbonyl (C=O) groups excluding carboxylic acids is 2. The molecule has 118 valence electrons. The molecular weight excluding hydrogens is 303 g/mol. The number of hydrogen-bond donors (Lipinski definition) is 0. The van der Waals surface area contributed by atoms with E-state index in [1.54, 1.807) is 31.2 Å². The number of halogens is 1. The molecule has 6 heteroatoms. The number of ether oxygens (including phenoxy) is 3. The molecule has 0 amide bonds. The van der Waals surface area contributed by atoms with Crippen LogP contribution in [0.5, 0.6) is 0 Å². The maximum absolute atomic E-state index is 14.7. The molecule has 0 N–H and O–H groups in total. The third-order valence-corrected chi connectivity index (χ3v) is 4.33. The highest BCUT2D eigenvalue weighted by atomic mass is 19.1. The molecule has 0 spiro atoms. The Kier molecular flexibility index (Phi) is 3.01. The molecule has 1 aromatic rings. The molecule has 2 aliphatic heterocycles. The first-order valence-electron chi connectivity index (χ1n) is 7.25. The molecule has 5 nitrogen and oxygen atoms in total. The molecule has 3 aliphatic rings. The molecule has 0 bridgehead atoms. The zero-order chi connectivity index (χ0) is 16.1. The minimum Gasteiger partial charge on any atom is -0.458 e. The first-order chi connectivity index (χ1) is 11.1. The van der Waals surface area contributed by atoms with Crippen LogP contribution in [-0.4, -0.2) is 18.2 Å². The van der Waals surface area contributed by atoms with Gasteiger partial charge in [-0.15, -0.1) is 0 Å². The summed E-state index contributed by atoms with van der Waals surface area (Å²) in [6.45, 7) is 1.60. The van der Waals surface area contributed by atoms with Gasteiger partial charge in [-0.25, -0.2) is 14.0 Å². The number of hydrogen-bond acceptors (Lipinski definition) is 5. The second-order valence-corrected chi connectivity index (χ2v) is 5.72. The molecule has 1 aromatic carbocycles. The van der Waals surface area contributed by atoms with E-state index in [9.17, 15) is 14.0 Å². The number of esters is 2. The highest BCUT2D eigenvalue weighted by Crippen LogP contribution is 2.55. The van der Waals surface area contributed by atoms with Crippen LogP contribution in [0.1, 0.15) is 30.3 Å². The minimum absolute atomic E-state index is 0.118. The van der Waals surface area contributed by atoms with Crippen molar-refractivity contribution in [3.05, 3.63) is 58.9 Å². The Morgan fingerprint density at radius 3 is 2.57 bits per heavy atom. The van der Waals surface area contributed by atoms with Crippen molar-refractivity contribution in [2.75, 3.05) is 0 Å². The van der Waals surface area contributed by atoms with Crippen LogP contribution in [0, 0.1) is 5.92 Å². The quantitative estimate of drug-likeness (QED) is 0.477. The normalized spacial score (nSPS) is 33.1. The van der Waals surface area contributed by atoms with E-state index in [1.165, 1.54) is 6.08 Å². The van der Waals surface area contributed by atoms with Gasteiger partial charge in [0, 0.05) is 11.6 Å². The van der Waals surface area contributed by atoms with Crippen LogP contribution in [0.2, 0.25) is 0 Å². The predicted molar refractivity (Wildman–Crippen MR) is 75.4 cm³/mol. The van der Waals surface area contributed by atoms with Crippen molar-refractivity contribution in [3.8, 4) is 0 Å². The fourth-order valence-electron chi connectivity index (χ4n) is 3.18. The number of carbonyl (C=O) groups is 2. The van der Waals surface area contributed by atoms with Gasteiger partial charge in [-0.05, 0) is 18.1 Å². The predicted octanol–water partition coefficient (Wildman–Crippen LogP) is 2.65. The van der Waals surface area contributed by atoms with E-state index in [0.29, 0.717) is 16.7 Å². The van der Waals surface area contributed by atoms with Crippen molar-refractivity contribution in [2.45, 2.75) is 25.5 Å². The van der Waals surface area contributed by atoms with Gasteiger partial charge in [-0.3, -0.25) is 0 Å².